The van der Waals surface area contributed by atoms with Gasteiger partial charge in [0.15, 0.2) is 0 Å². The Hall–Kier alpha value is -1.37. The maximum Gasteiger partial charge on any atom is 0.0917 e. The molecule has 0 spiro atoms. The maximum absolute atomic E-state index is 10.0. The van der Waals surface area contributed by atoms with Gasteiger partial charge in [0.2, 0.25) is 0 Å². The Kier molecular flexibility index (Phi) is 4.97. The molecule has 0 aliphatic heterocycles. The van der Waals surface area contributed by atoms with E-state index < -0.39 is 6.10 Å². The topological polar surface area (TPSA) is 47.3 Å². The van der Waals surface area contributed by atoms with E-state index >= 15 is 0 Å². The maximum atomic E-state index is 10.0. The van der Waals surface area contributed by atoms with Crippen LogP contribution in [0.4, 0.5) is 0 Å². The molecule has 1 atom stereocenters. The normalized spacial score (nSPS) is 12.8. The van der Waals surface area contributed by atoms with Gasteiger partial charge in [-0.15, -0.1) is 0 Å². The average molecular weight is 218 g/mol. The summed E-state index contributed by atoms with van der Waals surface area (Å²) in [6.07, 6.45) is -0.531. The number of nitriles is 1. The van der Waals surface area contributed by atoms with Crippen molar-refractivity contribution in [3.8, 4) is 6.07 Å². The Morgan fingerprint density at radius 1 is 1.31 bits per heavy atom. The summed E-state index contributed by atoms with van der Waals surface area (Å²) in [6, 6.07) is 11.9. The molecular formula is C13H18N2O. The van der Waals surface area contributed by atoms with Crippen molar-refractivity contribution in [2.24, 2.45) is 0 Å². The molecule has 0 saturated carbocycles. The molecule has 0 heterocycles. The first kappa shape index (κ1) is 12.7. The first-order valence-electron chi connectivity index (χ1n) is 5.49. The van der Waals surface area contributed by atoms with Gasteiger partial charge in [-0.25, -0.2) is 0 Å². The lowest BCUT2D eigenvalue weighted by atomic mass is 10.1. The molecule has 1 aromatic rings. The van der Waals surface area contributed by atoms with E-state index in [1.54, 1.807) is 0 Å². The molecule has 0 fully saturated rings. The van der Waals surface area contributed by atoms with Crippen molar-refractivity contribution in [3.63, 3.8) is 0 Å². The highest BCUT2D eigenvalue weighted by Crippen LogP contribution is 2.14. The highest BCUT2D eigenvalue weighted by molar-refractivity contribution is 5.17. The van der Waals surface area contributed by atoms with Gasteiger partial charge >= 0.3 is 0 Å². The number of aliphatic hydroxyl groups is 1. The van der Waals surface area contributed by atoms with Gasteiger partial charge in [0.25, 0.3) is 0 Å². The number of nitrogens with zero attached hydrogens (tertiary/aromatic N) is 2. The van der Waals surface area contributed by atoms with E-state index in [0.29, 0.717) is 13.1 Å². The van der Waals surface area contributed by atoms with Crippen LogP contribution < -0.4 is 0 Å². The van der Waals surface area contributed by atoms with E-state index in [9.17, 15) is 5.11 Å². The average Bonchev–Trinajstić information content (AvgIpc) is 2.29. The smallest absolute Gasteiger partial charge is 0.0917 e. The van der Waals surface area contributed by atoms with E-state index in [0.717, 1.165) is 5.56 Å². The zero-order valence-corrected chi connectivity index (χ0v) is 9.80. The standard InChI is InChI=1S/C13H18N2O/c1-11(2)15(9-8-14)10-13(16)12-6-4-3-5-7-12/h3-7,11,13,16H,9-10H2,1-2H3. The van der Waals surface area contributed by atoms with E-state index in [4.69, 9.17) is 5.26 Å². The Balaban J connectivity index is 2.62. The molecule has 0 bridgehead atoms. The van der Waals surface area contributed by atoms with Gasteiger partial charge in [0.05, 0.1) is 18.7 Å². The number of hydrogen-bond donors (Lipinski definition) is 1. The quantitative estimate of drug-likeness (QED) is 0.768. The Labute approximate surface area is 96.9 Å². The Bertz CT molecular complexity index is 343. The van der Waals surface area contributed by atoms with Crippen molar-refractivity contribution < 1.29 is 5.11 Å². The Morgan fingerprint density at radius 2 is 1.94 bits per heavy atom. The molecule has 0 saturated heterocycles. The van der Waals surface area contributed by atoms with Gasteiger partial charge in [-0.2, -0.15) is 5.26 Å². The predicted octanol–water partition coefficient (Wildman–Crippen LogP) is 1.95. The van der Waals surface area contributed by atoms with Crippen LogP contribution in [-0.2, 0) is 0 Å². The predicted molar refractivity (Wildman–Crippen MR) is 63.7 cm³/mol. The van der Waals surface area contributed by atoms with Crippen molar-refractivity contribution >= 4 is 0 Å². The van der Waals surface area contributed by atoms with Crippen molar-refractivity contribution in [3.05, 3.63) is 35.9 Å². The van der Waals surface area contributed by atoms with E-state index in [2.05, 4.69) is 6.07 Å². The Morgan fingerprint density at radius 3 is 2.44 bits per heavy atom. The molecule has 1 unspecified atom stereocenters. The minimum Gasteiger partial charge on any atom is -0.387 e. The van der Waals surface area contributed by atoms with Crippen molar-refractivity contribution in [2.45, 2.75) is 26.0 Å². The first-order valence-corrected chi connectivity index (χ1v) is 5.49. The second-order valence-corrected chi connectivity index (χ2v) is 4.11. The minimum atomic E-state index is -0.531. The fourth-order valence-corrected chi connectivity index (χ4v) is 1.55. The fraction of sp³-hybridized carbons (Fsp3) is 0.462. The second kappa shape index (κ2) is 6.26. The number of rotatable bonds is 5. The summed E-state index contributed by atoms with van der Waals surface area (Å²) in [5.74, 6) is 0. The van der Waals surface area contributed by atoms with Gasteiger partial charge in [-0.1, -0.05) is 30.3 Å². The van der Waals surface area contributed by atoms with Gasteiger partial charge in [-0.3, -0.25) is 4.90 Å². The summed E-state index contributed by atoms with van der Waals surface area (Å²) in [7, 11) is 0. The third kappa shape index (κ3) is 3.65. The van der Waals surface area contributed by atoms with Crippen LogP contribution in [0.3, 0.4) is 0 Å². The SMILES string of the molecule is CC(C)N(CC#N)CC(O)c1ccccc1. The van der Waals surface area contributed by atoms with E-state index in [1.165, 1.54) is 0 Å². The molecule has 3 nitrogen and oxygen atoms in total. The molecule has 3 heteroatoms. The summed E-state index contributed by atoms with van der Waals surface area (Å²) < 4.78 is 0. The second-order valence-electron chi connectivity index (χ2n) is 4.11. The van der Waals surface area contributed by atoms with Crippen LogP contribution >= 0.6 is 0 Å². The van der Waals surface area contributed by atoms with Gasteiger partial charge in [-0.05, 0) is 19.4 Å². The van der Waals surface area contributed by atoms with Crippen LogP contribution in [0.1, 0.15) is 25.5 Å². The third-order valence-electron chi connectivity index (χ3n) is 2.60. The summed E-state index contributed by atoms with van der Waals surface area (Å²) in [6.45, 7) is 4.89. The molecule has 1 rings (SSSR count). The molecular weight excluding hydrogens is 200 g/mol. The van der Waals surface area contributed by atoms with Crippen LogP contribution in [-0.4, -0.2) is 29.1 Å². The van der Waals surface area contributed by atoms with Crippen molar-refractivity contribution in [2.75, 3.05) is 13.1 Å². The van der Waals surface area contributed by atoms with Gasteiger partial charge in [0, 0.05) is 12.6 Å². The van der Waals surface area contributed by atoms with Crippen molar-refractivity contribution in [1.29, 1.82) is 5.26 Å². The summed E-state index contributed by atoms with van der Waals surface area (Å²) in [5.41, 5.74) is 0.895. The summed E-state index contributed by atoms with van der Waals surface area (Å²) in [5, 5.41) is 18.7. The summed E-state index contributed by atoms with van der Waals surface area (Å²) >= 11 is 0. The number of benzene rings is 1. The van der Waals surface area contributed by atoms with Crippen LogP contribution in [0.15, 0.2) is 30.3 Å². The molecule has 0 radical (unpaired) electrons. The molecule has 0 amide bonds. The monoisotopic (exact) mass is 218 g/mol. The van der Waals surface area contributed by atoms with E-state index in [-0.39, 0.29) is 6.04 Å². The largest absolute Gasteiger partial charge is 0.387 e. The fourth-order valence-electron chi connectivity index (χ4n) is 1.55. The number of hydrogen-bond acceptors (Lipinski definition) is 3. The lowest BCUT2D eigenvalue weighted by Gasteiger charge is -2.26. The van der Waals surface area contributed by atoms with Gasteiger partial charge < -0.3 is 5.11 Å². The van der Waals surface area contributed by atoms with Crippen LogP contribution in [0, 0.1) is 11.3 Å². The van der Waals surface area contributed by atoms with Crippen LogP contribution in [0.5, 0.6) is 0 Å². The molecule has 86 valence electrons. The molecule has 0 aromatic heterocycles. The minimum absolute atomic E-state index is 0.262. The third-order valence-corrected chi connectivity index (χ3v) is 2.60. The molecule has 0 aliphatic rings. The molecule has 1 N–H and O–H groups in total. The van der Waals surface area contributed by atoms with Gasteiger partial charge in [0.1, 0.15) is 0 Å². The van der Waals surface area contributed by atoms with Crippen LogP contribution in [0.2, 0.25) is 0 Å². The summed E-state index contributed by atoms with van der Waals surface area (Å²) in [4.78, 5) is 1.96. The van der Waals surface area contributed by atoms with Crippen LogP contribution in [0.25, 0.3) is 0 Å². The zero-order chi connectivity index (χ0) is 12.0. The molecule has 16 heavy (non-hydrogen) atoms. The zero-order valence-electron chi connectivity index (χ0n) is 9.80. The highest BCUT2D eigenvalue weighted by Gasteiger charge is 2.15. The molecule has 0 aliphatic carbocycles. The molecule has 1 aromatic carbocycles. The first-order chi connectivity index (χ1) is 7.65. The number of aliphatic hydroxyl groups excluding tert-OH is 1. The highest BCUT2D eigenvalue weighted by atomic mass is 16.3. The lowest BCUT2D eigenvalue weighted by molar-refractivity contribution is 0.104. The lowest BCUT2D eigenvalue weighted by Crippen LogP contribution is -2.35. The van der Waals surface area contributed by atoms with E-state index in [1.807, 2.05) is 49.1 Å². The van der Waals surface area contributed by atoms with Crippen molar-refractivity contribution in [1.82, 2.24) is 4.90 Å².